The Kier molecular flexibility index (Phi) is 6.09. The highest BCUT2D eigenvalue weighted by Gasteiger charge is 1.92. The molecule has 3 N–H and O–H groups in total. The summed E-state index contributed by atoms with van der Waals surface area (Å²) >= 11 is 0. The lowest BCUT2D eigenvalue weighted by molar-refractivity contribution is -0.834. The Morgan fingerprint density at radius 3 is 2.78 bits per heavy atom. The van der Waals surface area contributed by atoms with Gasteiger partial charge in [-0.3, -0.25) is 4.57 Å². The molecule has 0 aliphatic carbocycles. The van der Waals surface area contributed by atoms with Gasteiger partial charge < -0.3 is 16.0 Å². The molecule has 0 saturated heterocycles. The van der Waals surface area contributed by atoms with Crippen molar-refractivity contribution in [2.24, 2.45) is 5.73 Å². The number of nitrogens with one attached hydrogen (secondary N) is 1. The molecule has 0 radical (unpaired) electrons. The van der Waals surface area contributed by atoms with Crippen molar-refractivity contribution in [1.82, 2.24) is 0 Å². The van der Waals surface area contributed by atoms with Crippen molar-refractivity contribution in [1.29, 1.82) is 0 Å². The van der Waals surface area contributed by atoms with Gasteiger partial charge in [-0.25, -0.2) is 0 Å². The predicted molar refractivity (Wildman–Crippen MR) is 35.3 cm³/mol. The molecule has 4 nitrogen and oxygen atoms in total. The first-order chi connectivity index (χ1) is 4.31. The first-order valence-corrected chi connectivity index (χ1v) is 3.82. The molecule has 1 atom stereocenters. The van der Waals surface area contributed by atoms with E-state index in [2.05, 4.69) is 0 Å². The van der Waals surface area contributed by atoms with Gasteiger partial charge in [0.1, 0.15) is 0 Å². The molecule has 5 heteroatoms. The molecule has 0 aromatic rings. The molecule has 0 aliphatic rings. The molecule has 0 amide bonds. The summed E-state index contributed by atoms with van der Waals surface area (Å²) in [6.07, 6.45) is 0.842. The molecular weight excluding hydrogens is 139 g/mol. The van der Waals surface area contributed by atoms with Crippen molar-refractivity contribution in [3.63, 3.8) is 0 Å². The van der Waals surface area contributed by atoms with Crippen LogP contribution < -0.4 is 10.8 Å². The third kappa shape index (κ3) is 5.86. The Labute approximate surface area is 55.8 Å². The maximum absolute atomic E-state index is 10.5. The lowest BCUT2D eigenvalue weighted by Gasteiger charge is -2.17. The lowest BCUT2D eigenvalue weighted by atomic mass is 10.4. The number of rotatable bonds is 5. The Morgan fingerprint density at radius 2 is 2.33 bits per heavy atom. The predicted octanol–water partition coefficient (Wildman–Crippen LogP) is -1.03. The number of nitrogens with two attached hydrogens (primary N) is 1. The van der Waals surface area contributed by atoms with E-state index in [0.717, 1.165) is 0 Å². The molecule has 0 saturated carbocycles. The molecule has 9 heavy (non-hydrogen) atoms. The third-order valence-electron chi connectivity index (χ3n) is 0.901. The summed E-state index contributed by atoms with van der Waals surface area (Å²) in [5.41, 5.74) is 5.14. The van der Waals surface area contributed by atoms with E-state index in [1.165, 1.54) is 0 Å². The fourth-order valence-corrected chi connectivity index (χ4v) is 0.752. The molecule has 0 spiro atoms. The Balaban J connectivity index is 3.04. The zero-order valence-corrected chi connectivity index (χ0v) is 6.06. The van der Waals surface area contributed by atoms with Gasteiger partial charge in [0.15, 0.2) is 6.29 Å². The maximum atomic E-state index is 10.5. The Morgan fingerprint density at radius 1 is 1.67 bits per heavy atom. The zero-order chi connectivity index (χ0) is 7.11. The Bertz CT molecular complexity index is 81.0. The van der Waals surface area contributed by atoms with Crippen LogP contribution in [0, 0.1) is 5.21 Å². The number of quaternary nitrogens is 1. The van der Waals surface area contributed by atoms with Crippen LogP contribution in [0.2, 0.25) is 0 Å². The second-order valence-electron chi connectivity index (χ2n) is 1.72. The monoisotopic (exact) mass is 150 g/mol. The molecule has 0 aromatic carbocycles. The quantitative estimate of drug-likeness (QED) is 0.388. The van der Waals surface area contributed by atoms with Crippen molar-refractivity contribution >= 4 is 8.46 Å². The summed E-state index contributed by atoms with van der Waals surface area (Å²) in [6.45, 7) is 0.993. The average Bonchev–Trinajstić information content (AvgIpc) is 1.85. The van der Waals surface area contributed by atoms with Gasteiger partial charge >= 0.3 is 0 Å². The summed E-state index contributed by atoms with van der Waals surface area (Å²) in [6, 6.07) is 0. The smallest absolute Gasteiger partial charge is 0.217 e. The van der Waals surface area contributed by atoms with Gasteiger partial charge in [0.2, 0.25) is 8.46 Å². The summed E-state index contributed by atoms with van der Waals surface area (Å²) < 4.78 is 9.82. The van der Waals surface area contributed by atoms with E-state index in [-0.39, 0.29) is 19.8 Å². The van der Waals surface area contributed by atoms with Crippen molar-refractivity contribution in [2.45, 2.75) is 6.42 Å². The van der Waals surface area contributed by atoms with Crippen molar-refractivity contribution in [3.8, 4) is 0 Å². The molecule has 54 valence electrons. The minimum Gasteiger partial charge on any atom is -0.634 e. The highest BCUT2D eigenvalue weighted by Crippen LogP contribution is 1.78. The fourth-order valence-electron chi connectivity index (χ4n) is 0.450. The van der Waals surface area contributed by atoms with E-state index in [4.69, 9.17) is 5.73 Å². The fraction of sp³-hybridized carbons (Fsp3) is 1.00. The number of hydrogen-bond donors (Lipinski definition) is 2. The Hall–Kier alpha value is -0.0200. The van der Waals surface area contributed by atoms with Gasteiger partial charge in [0, 0.05) is 6.42 Å². The van der Waals surface area contributed by atoms with Gasteiger partial charge in [-0.15, -0.1) is 0 Å². The van der Waals surface area contributed by atoms with Crippen LogP contribution in [0.1, 0.15) is 6.42 Å². The first-order valence-electron chi connectivity index (χ1n) is 2.82. The molecule has 0 fully saturated rings. The largest absolute Gasteiger partial charge is 0.634 e. The summed E-state index contributed by atoms with van der Waals surface area (Å²) in [5, 5.41) is 10.6. The molecule has 1 unspecified atom stereocenters. The highest BCUT2D eigenvalue weighted by atomic mass is 31.1. The van der Waals surface area contributed by atoms with Crippen molar-refractivity contribution < 1.29 is 9.63 Å². The lowest BCUT2D eigenvalue weighted by Crippen LogP contribution is -3.06. The van der Waals surface area contributed by atoms with Crippen LogP contribution in [0.5, 0.6) is 0 Å². The average molecular weight is 150 g/mol. The van der Waals surface area contributed by atoms with E-state index in [9.17, 15) is 9.77 Å². The minimum atomic E-state index is -0.0856. The van der Waals surface area contributed by atoms with E-state index < -0.39 is 0 Å². The standard InChI is InChI=1S/C4H11N2O2P/c5-2-1-3-6(7)4-9-8/h6H,1-5H2. The summed E-state index contributed by atoms with van der Waals surface area (Å²) in [4.78, 5) is 0. The normalized spacial score (nSPS) is 14.0. The van der Waals surface area contributed by atoms with Crippen LogP contribution in [0.25, 0.3) is 0 Å². The molecule has 0 rings (SSSR count). The van der Waals surface area contributed by atoms with Crippen molar-refractivity contribution in [2.75, 3.05) is 19.4 Å². The molecule has 0 bridgehead atoms. The molecule has 0 heterocycles. The van der Waals surface area contributed by atoms with Crippen LogP contribution in [0.4, 0.5) is 0 Å². The van der Waals surface area contributed by atoms with Crippen LogP contribution in [0.3, 0.4) is 0 Å². The zero-order valence-electron chi connectivity index (χ0n) is 5.17. The van der Waals surface area contributed by atoms with Gasteiger partial charge in [0.25, 0.3) is 0 Å². The maximum Gasteiger partial charge on any atom is 0.217 e. The summed E-state index contributed by atoms with van der Waals surface area (Å²) in [7, 11) is -0.0856. The van der Waals surface area contributed by atoms with Crippen molar-refractivity contribution in [3.05, 3.63) is 5.21 Å². The van der Waals surface area contributed by atoms with Gasteiger partial charge in [0.05, 0.1) is 6.54 Å². The molecule has 0 aliphatic heterocycles. The van der Waals surface area contributed by atoms with E-state index in [1.807, 2.05) is 0 Å². The minimum absolute atomic E-state index is 0.0251. The van der Waals surface area contributed by atoms with Crippen LogP contribution >= 0.6 is 8.46 Å². The van der Waals surface area contributed by atoms with E-state index in [0.29, 0.717) is 19.5 Å². The van der Waals surface area contributed by atoms with Gasteiger partial charge in [-0.2, -0.15) is 0 Å². The first kappa shape index (κ1) is 8.98. The van der Waals surface area contributed by atoms with Crippen LogP contribution in [0.15, 0.2) is 0 Å². The number of hydrogen-bond acceptors (Lipinski definition) is 3. The van der Waals surface area contributed by atoms with E-state index >= 15 is 0 Å². The second kappa shape index (κ2) is 6.11. The van der Waals surface area contributed by atoms with Crippen LogP contribution in [-0.2, 0) is 4.57 Å². The second-order valence-corrected chi connectivity index (χ2v) is 2.29. The molecular formula is C4H11N2O2P. The highest BCUT2D eigenvalue weighted by molar-refractivity contribution is 7.23. The van der Waals surface area contributed by atoms with E-state index in [1.54, 1.807) is 0 Å². The van der Waals surface area contributed by atoms with Gasteiger partial charge in [-0.05, 0) is 6.54 Å². The topological polar surface area (TPSA) is 70.6 Å². The van der Waals surface area contributed by atoms with Crippen LogP contribution in [-0.4, -0.2) is 19.4 Å². The van der Waals surface area contributed by atoms with Gasteiger partial charge in [-0.1, -0.05) is 0 Å². The SMILES string of the molecule is NCCC[NH+]([O-])CP=O. The molecule has 0 aromatic heterocycles. The third-order valence-corrected chi connectivity index (χ3v) is 1.38. The summed E-state index contributed by atoms with van der Waals surface area (Å²) in [5.74, 6) is 0. The number of hydroxylamine groups is 2.